The van der Waals surface area contributed by atoms with Crippen LogP contribution < -0.4 is 0 Å². The molecule has 0 bridgehead atoms. The number of halogens is 16. The van der Waals surface area contributed by atoms with E-state index in [2.05, 4.69) is 0 Å². The van der Waals surface area contributed by atoms with Crippen molar-refractivity contribution in [2.75, 3.05) is 0 Å². The maximum absolute atomic E-state index is 13.6. The van der Waals surface area contributed by atoms with Crippen molar-refractivity contribution in [2.45, 2.75) is 18.5 Å². The fourth-order valence-corrected chi connectivity index (χ4v) is 1.84. The minimum absolute atomic E-state index is 3.14. The Hall–Kier alpha value is -2.42. The summed E-state index contributed by atoms with van der Waals surface area (Å²) in [6, 6.07) is 0. The molecule has 0 heterocycles. The van der Waals surface area contributed by atoms with Gasteiger partial charge in [0.25, 0.3) is 0 Å². The quantitative estimate of drug-likeness (QED) is 0.194. The molecule has 0 spiro atoms. The molecule has 164 valence electrons. The highest BCUT2D eigenvalue weighted by Crippen LogP contribution is 2.49. The van der Waals surface area contributed by atoms with Crippen molar-refractivity contribution in [3.63, 3.8) is 0 Å². The van der Waals surface area contributed by atoms with Crippen LogP contribution in [0.3, 0.4) is 0 Å². The topological polar surface area (TPSA) is 0 Å². The fraction of sp³-hybridized carbons (Fsp3) is 0.231. The van der Waals surface area contributed by atoms with E-state index in [1.807, 2.05) is 0 Å². The first-order valence-electron chi connectivity index (χ1n) is 6.27. The van der Waals surface area contributed by atoms with Crippen molar-refractivity contribution < 1.29 is 70.2 Å². The van der Waals surface area contributed by atoms with Gasteiger partial charge >= 0.3 is 18.5 Å². The molecule has 0 nitrogen and oxygen atoms in total. The molecule has 0 amide bonds. The first-order valence-corrected chi connectivity index (χ1v) is 6.27. The second kappa shape index (κ2) is 7.44. The maximum Gasteiger partial charge on any atom is 0.445 e. The van der Waals surface area contributed by atoms with Crippen LogP contribution in [0.2, 0.25) is 0 Å². The van der Waals surface area contributed by atoms with Crippen molar-refractivity contribution in [1.29, 1.82) is 0 Å². The molecule has 0 atom stereocenters. The van der Waals surface area contributed by atoms with Crippen LogP contribution in [0.4, 0.5) is 70.2 Å². The van der Waals surface area contributed by atoms with E-state index in [1.165, 1.54) is 0 Å². The molecule has 0 aliphatic heterocycles. The van der Waals surface area contributed by atoms with Crippen LogP contribution in [-0.2, 0) is 0 Å². The third-order valence-electron chi connectivity index (χ3n) is 2.94. The molecule has 1 aromatic rings. The molecule has 0 unspecified atom stereocenters. The molecule has 0 saturated heterocycles. The van der Waals surface area contributed by atoms with E-state index < -0.39 is 76.0 Å². The number of benzene rings is 1. The zero-order valence-electron chi connectivity index (χ0n) is 12.5. The number of alkyl halides is 9. The van der Waals surface area contributed by atoms with Gasteiger partial charge in [-0.15, -0.1) is 0 Å². The third-order valence-corrected chi connectivity index (χ3v) is 2.94. The van der Waals surface area contributed by atoms with Crippen LogP contribution in [-0.4, -0.2) is 18.5 Å². The third kappa shape index (κ3) is 4.60. The molecular formula is C13F16. The van der Waals surface area contributed by atoms with Crippen LogP contribution in [0.1, 0.15) is 5.56 Å². The summed E-state index contributed by atoms with van der Waals surface area (Å²) in [7, 11) is 0. The summed E-state index contributed by atoms with van der Waals surface area (Å²) < 4.78 is 206. The Labute approximate surface area is 147 Å². The number of allylic oxidation sites excluding steroid dienone is 4. The van der Waals surface area contributed by atoms with Crippen molar-refractivity contribution >= 4 is 5.57 Å². The summed E-state index contributed by atoms with van der Waals surface area (Å²) in [5, 5.41) is 0. The van der Waals surface area contributed by atoms with Crippen molar-refractivity contribution in [3.05, 3.63) is 51.9 Å². The molecule has 0 aliphatic carbocycles. The van der Waals surface area contributed by atoms with Gasteiger partial charge in [-0.3, -0.25) is 0 Å². The second-order valence-electron chi connectivity index (χ2n) is 4.82. The minimum Gasteiger partial charge on any atom is -0.203 e. The second-order valence-corrected chi connectivity index (χ2v) is 4.82. The van der Waals surface area contributed by atoms with E-state index in [0.29, 0.717) is 0 Å². The number of hydrogen-bond donors (Lipinski definition) is 0. The van der Waals surface area contributed by atoms with Crippen LogP contribution in [0.15, 0.2) is 17.2 Å². The highest BCUT2D eigenvalue weighted by atomic mass is 19.4. The van der Waals surface area contributed by atoms with Gasteiger partial charge < -0.3 is 0 Å². The van der Waals surface area contributed by atoms with E-state index in [9.17, 15) is 70.2 Å². The zero-order valence-corrected chi connectivity index (χ0v) is 12.5. The van der Waals surface area contributed by atoms with Crippen molar-refractivity contribution in [3.8, 4) is 0 Å². The Morgan fingerprint density at radius 1 is 0.483 bits per heavy atom. The van der Waals surface area contributed by atoms with Gasteiger partial charge in [-0.1, -0.05) is 0 Å². The average Bonchev–Trinajstić information content (AvgIpc) is 2.53. The highest BCUT2D eigenvalue weighted by molar-refractivity contribution is 5.77. The van der Waals surface area contributed by atoms with E-state index in [-0.39, 0.29) is 0 Å². The Balaban J connectivity index is 4.39. The zero-order chi connectivity index (χ0) is 23.3. The Bertz CT molecular complexity index is 847. The summed E-state index contributed by atoms with van der Waals surface area (Å²) in [5.74, 6) is -25.5. The minimum atomic E-state index is -6.95. The monoisotopic (exact) mass is 460 g/mol. The van der Waals surface area contributed by atoms with Crippen molar-refractivity contribution in [2.24, 2.45) is 0 Å². The lowest BCUT2D eigenvalue weighted by molar-refractivity contribution is -0.116. The number of hydrogen-bond acceptors (Lipinski definition) is 0. The molecule has 1 rings (SSSR count). The Kier molecular flexibility index (Phi) is 6.31. The number of rotatable bonds is 2. The van der Waals surface area contributed by atoms with E-state index in [1.54, 1.807) is 0 Å². The summed E-state index contributed by atoms with van der Waals surface area (Å²) in [6.07, 6.45) is -20.5. The van der Waals surface area contributed by atoms with Gasteiger partial charge in [0.15, 0.2) is 29.1 Å². The lowest BCUT2D eigenvalue weighted by Crippen LogP contribution is -2.26. The van der Waals surface area contributed by atoms with Crippen molar-refractivity contribution in [1.82, 2.24) is 0 Å². The van der Waals surface area contributed by atoms with E-state index in [0.717, 1.165) is 0 Å². The van der Waals surface area contributed by atoms with E-state index >= 15 is 0 Å². The van der Waals surface area contributed by atoms with Gasteiger partial charge in [-0.05, 0) is 0 Å². The first-order chi connectivity index (χ1) is 12.7. The molecule has 0 aromatic heterocycles. The first kappa shape index (κ1) is 24.6. The lowest BCUT2D eigenvalue weighted by Gasteiger charge is -2.21. The summed E-state index contributed by atoms with van der Waals surface area (Å²) in [5.41, 5.74) is -11.9. The molecule has 0 aliphatic rings. The van der Waals surface area contributed by atoms with Gasteiger partial charge in [0, 0.05) is 0 Å². The Morgan fingerprint density at radius 2 is 0.828 bits per heavy atom. The summed E-state index contributed by atoms with van der Waals surface area (Å²) in [4.78, 5) is 0. The smallest absolute Gasteiger partial charge is 0.203 e. The molecule has 0 radical (unpaired) electrons. The Morgan fingerprint density at radius 3 is 1.10 bits per heavy atom. The largest absolute Gasteiger partial charge is 0.445 e. The van der Waals surface area contributed by atoms with Gasteiger partial charge in [-0.25, -0.2) is 26.3 Å². The van der Waals surface area contributed by atoms with Gasteiger partial charge in [0.2, 0.25) is 11.6 Å². The normalized spacial score (nSPS) is 15.3. The fourth-order valence-electron chi connectivity index (χ4n) is 1.84. The standard InChI is InChI=1S/C13F16/c14-4-1(5(15)8(18)9(19)7(4)17)2(11(21,22)23)3(12(24,25)26)6(16)10(20)13(27,28)29/b3-2-,10-6-. The van der Waals surface area contributed by atoms with E-state index in [4.69, 9.17) is 0 Å². The molecule has 0 fully saturated rings. The molecule has 0 N–H and O–H groups in total. The van der Waals surface area contributed by atoms with Gasteiger partial charge in [0.05, 0.1) is 11.1 Å². The van der Waals surface area contributed by atoms with Crippen LogP contribution in [0.5, 0.6) is 0 Å². The maximum atomic E-state index is 13.6. The molecule has 0 saturated carbocycles. The molecule has 29 heavy (non-hydrogen) atoms. The predicted molar refractivity (Wildman–Crippen MR) is 60.6 cm³/mol. The highest BCUT2D eigenvalue weighted by Gasteiger charge is 2.53. The van der Waals surface area contributed by atoms with Crippen LogP contribution >= 0.6 is 0 Å². The molecular weight excluding hydrogens is 460 g/mol. The lowest BCUT2D eigenvalue weighted by atomic mass is 9.95. The SMILES string of the molecule is FC(=C(\F)C(F)(F)F)/C(=C(\c1c(F)c(F)c(F)c(F)c1F)C(F)(F)F)C(F)(F)F. The van der Waals surface area contributed by atoms with Crippen LogP contribution in [0, 0.1) is 29.1 Å². The molecule has 16 heteroatoms. The van der Waals surface area contributed by atoms with Crippen LogP contribution in [0.25, 0.3) is 5.57 Å². The van der Waals surface area contributed by atoms with Gasteiger partial charge in [-0.2, -0.15) is 43.9 Å². The summed E-state index contributed by atoms with van der Waals surface area (Å²) in [6.45, 7) is 0. The molecule has 1 aromatic carbocycles. The average molecular weight is 460 g/mol. The van der Waals surface area contributed by atoms with Gasteiger partial charge in [0.1, 0.15) is 5.57 Å². The summed E-state index contributed by atoms with van der Waals surface area (Å²) >= 11 is 0. The predicted octanol–water partition coefficient (Wildman–Crippen LogP) is 6.97.